The van der Waals surface area contributed by atoms with Crippen molar-refractivity contribution in [2.24, 2.45) is 11.8 Å². The minimum atomic E-state index is -4.40. The van der Waals surface area contributed by atoms with E-state index in [2.05, 4.69) is 5.32 Å². The number of amides is 1. The fourth-order valence-electron chi connectivity index (χ4n) is 1.86. The summed E-state index contributed by atoms with van der Waals surface area (Å²) in [6, 6.07) is 1.54. The molecule has 0 aromatic heterocycles. The molecule has 1 amide bonds. The highest BCUT2D eigenvalue weighted by Gasteiger charge is 2.58. The van der Waals surface area contributed by atoms with Gasteiger partial charge in [-0.05, 0) is 18.6 Å². The number of carbonyl (C=O) groups is 1. The second-order valence-corrected chi connectivity index (χ2v) is 4.97. The lowest BCUT2D eigenvalue weighted by atomic mass is 10.2. The Hall–Kier alpha value is -1.37. The molecule has 1 N–H and O–H groups in total. The highest BCUT2D eigenvalue weighted by molar-refractivity contribution is 6.30. The predicted octanol–water partition coefficient (Wildman–Crippen LogP) is 3.43. The van der Waals surface area contributed by atoms with E-state index < -0.39 is 40.6 Å². The molecule has 2 atom stereocenters. The minimum Gasteiger partial charge on any atom is -0.352 e. The summed E-state index contributed by atoms with van der Waals surface area (Å²) >= 11 is 5.35. The average molecular weight is 314 g/mol. The van der Waals surface area contributed by atoms with Crippen LogP contribution < -0.4 is 5.32 Å². The van der Waals surface area contributed by atoms with E-state index in [0.717, 1.165) is 12.1 Å². The fourth-order valence-corrected chi connectivity index (χ4v) is 2.01. The van der Waals surface area contributed by atoms with Gasteiger partial charge >= 0.3 is 6.18 Å². The summed E-state index contributed by atoms with van der Waals surface area (Å²) in [5, 5.41) is 1.76. The summed E-state index contributed by atoms with van der Waals surface area (Å²) in [4.78, 5) is 11.4. The lowest BCUT2D eigenvalue weighted by Gasteiger charge is -2.08. The van der Waals surface area contributed by atoms with Gasteiger partial charge < -0.3 is 5.32 Å². The van der Waals surface area contributed by atoms with Gasteiger partial charge in [0, 0.05) is 12.1 Å². The fraction of sp³-hybridized carbons (Fsp3) is 0.417. The number of carbonyl (C=O) groups excluding carboxylic acids is 1. The first kappa shape index (κ1) is 15.0. The van der Waals surface area contributed by atoms with E-state index >= 15 is 0 Å². The Balaban J connectivity index is 1.94. The van der Waals surface area contributed by atoms with Gasteiger partial charge in [0.05, 0.1) is 16.9 Å². The third-order valence-electron chi connectivity index (χ3n) is 3.09. The predicted molar refractivity (Wildman–Crippen MR) is 60.9 cm³/mol. The third-order valence-corrected chi connectivity index (χ3v) is 3.38. The normalized spacial score (nSPS) is 21.7. The molecular formula is C12H9ClF5NO. The molecule has 1 aromatic carbocycles. The second kappa shape index (κ2) is 5.20. The van der Waals surface area contributed by atoms with Crippen LogP contribution in [0.3, 0.4) is 0 Å². The first-order valence-corrected chi connectivity index (χ1v) is 6.05. The van der Waals surface area contributed by atoms with Crippen molar-refractivity contribution in [3.05, 3.63) is 34.4 Å². The Labute approximate surface area is 115 Å². The van der Waals surface area contributed by atoms with Gasteiger partial charge in [-0.3, -0.25) is 4.79 Å². The zero-order chi connectivity index (χ0) is 15.1. The van der Waals surface area contributed by atoms with Crippen molar-refractivity contribution in [3.8, 4) is 0 Å². The molecule has 0 radical (unpaired) electrons. The first-order chi connectivity index (χ1) is 9.20. The zero-order valence-corrected chi connectivity index (χ0v) is 10.7. The highest BCUT2D eigenvalue weighted by Crippen LogP contribution is 2.50. The molecule has 0 saturated heterocycles. The topological polar surface area (TPSA) is 29.1 Å². The summed E-state index contributed by atoms with van der Waals surface area (Å²) < 4.78 is 63.3. The molecule has 2 nitrogen and oxygen atoms in total. The van der Waals surface area contributed by atoms with Gasteiger partial charge in [0.2, 0.25) is 5.91 Å². The summed E-state index contributed by atoms with van der Waals surface area (Å²) in [6.07, 6.45) is -4.67. The van der Waals surface area contributed by atoms with Crippen molar-refractivity contribution in [2.75, 3.05) is 0 Å². The van der Waals surface area contributed by atoms with Gasteiger partial charge in [-0.25, -0.2) is 8.78 Å². The number of rotatable bonds is 3. The lowest BCUT2D eigenvalue weighted by Crippen LogP contribution is -2.27. The molecule has 8 heteroatoms. The Morgan fingerprint density at radius 1 is 1.30 bits per heavy atom. The molecule has 0 unspecified atom stereocenters. The Kier molecular flexibility index (Phi) is 3.90. The van der Waals surface area contributed by atoms with Crippen molar-refractivity contribution < 1.29 is 26.7 Å². The number of halogens is 6. The van der Waals surface area contributed by atoms with Gasteiger partial charge in [0.15, 0.2) is 0 Å². The Bertz CT molecular complexity index is 545. The van der Waals surface area contributed by atoms with Crippen LogP contribution in [0, 0.1) is 23.5 Å². The molecule has 1 aliphatic rings. The van der Waals surface area contributed by atoms with Gasteiger partial charge in [0.25, 0.3) is 0 Å². The van der Waals surface area contributed by atoms with E-state index in [1.54, 1.807) is 0 Å². The molecule has 0 aliphatic heterocycles. The monoisotopic (exact) mass is 313 g/mol. The molecule has 0 spiro atoms. The number of hydrogen-bond donors (Lipinski definition) is 1. The van der Waals surface area contributed by atoms with Crippen molar-refractivity contribution in [1.29, 1.82) is 0 Å². The maximum absolute atomic E-state index is 13.4. The summed E-state index contributed by atoms with van der Waals surface area (Å²) in [5.41, 5.74) is -0.176. The number of alkyl halides is 3. The number of nitrogens with one attached hydrogen (secondary N) is 1. The third kappa shape index (κ3) is 3.20. The van der Waals surface area contributed by atoms with Crippen LogP contribution in [-0.2, 0) is 11.3 Å². The van der Waals surface area contributed by atoms with Crippen molar-refractivity contribution >= 4 is 17.5 Å². The van der Waals surface area contributed by atoms with Crippen LogP contribution in [0.15, 0.2) is 12.1 Å². The van der Waals surface area contributed by atoms with Crippen molar-refractivity contribution in [1.82, 2.24) is 5.32 Å². The average Bonchev–Trinajstić information content (AvgIpc) is 3.11. The molecule has 0 bridgehead atoms. The van der Waals surface area contributed by atoms with E-state index in [9.17, 15) is 26.7 Å². The molecule has 1 saturated carbocycles. The van der Waals surface area contributed by atoms with Crippen molar-refractivity contribution in [3.63, 3.8) is 0 Å². The highest BCUT2D eigenvalue weighted by atomic mass is 35.5. The molecule has 20 heavy (non-hydrogen) atoms. The van der Waals surface area contributed by atoms with E-state index in [1.165, 1.54) is 0 Å². The smallest absolute Gasteiger partial charge is 0.352 e. The van der Waals surface area contributed by atoms with E-state index in [-0.39, 0.29) is 18.5 Å². The zero-order valence-electron chi connectivity index (χ0n) is 9.90. The largest absolute Gasteiger partial charge is 0.392 e. The molecule has 1 aromatic rings. The minimum absolute atomic E-state index is 0.176. The molecule has 110 valence electrons. The maximum atomic E-state index is 13.4. The molecular weight excluding hydrogens is 305 g/mol. The standard InChI is InChI=1S/C12H9ClF5NO/c13-8-3-9(14)5(1-10(8)15)4-19-11(20)6-2-7(6)12(16,17)18/h1,3,6-7H,2,4H2,(H,19,20)/t6-,7-/m0/s1. The van der Waals surface area contributed by atoms with Gasteiger partial charge in [-0.15, -0.1) is 0 Å². The summed E-state index contributed by atoms with van der Waals surface area (Å²) in [5.74, 6) is -5.30. The van der Waals surface area contributed by atoms with E-state index in [0.29, 0.717) is 0 Å². The first-order valence-electron chi connectivity index (χ1n) is 5.68. The number of benzene rings is 1. The van der Waals surface area contributed by atoms with Gasteiger partial charge in [-0.1, -0.05) is 11.6 Å². The van der Waals surface area contributed by atoms with E-state index in [4.69, 9.17) is 11.6 Å². The van der Waals surface area contributed by atoms with Crippen LogP contribution in [0.4, 0.5) is 22.0 Å². The van der Waals surface area contributed by atoms with Crippen LogP contribution in [0.1, 0.15) is 12.0 Å². The van der Waals surface area contributed by atoms with Crippen LogP contribution in [0.25, 0.3) is 0 Å². The van der Waals surface area contributed by atoms with E-state index in [1.807, 2.05) is 0 Å². The van der Waals surface area contributed by atoms with Gasteiger partial charge in [0.1, 0.15) is 11.6 Å². The Morgan fingerprint density at radius 3 is 2.50 bits per heavy atom. The molecule has 1 aliphatic carbocycles. The van der Waals surface area contributed by atoms with Crippen LogP contribution in [-0.4, -0.2) is 12.1 Å². The second-order valence-electron chi connectivity index (χ2n) is 4.57. The van der Waals surface area contributed by atoms with Gasteiger partial charge in [-0.2, -0.15) is 13.2 Å². The quantitative estimate of drug-likeness (QED) is 0.672. The molecule has 2 rings (SSSR count). The summed E-state index contributed by atoms with van der Waals surface area (Å²) in [7, 11) is 0. The molecule has 0 heterocycles. The van der Waals surface area contributed by atoms with Crippen LogP contribution in [0.2, 0.25) is 5.02 Å². The molecule has 1 fully saturated rings. The van der Waals surface area contributed by atoms with Crippen LogP contribution >= 0.6 is 11.6 Å². The number of hydrogen-bond acceptors (Lipinski definition) is 1. The van der Waals surface area contributed by atoms with Crippen LogP contribution in [0.5, 0.6) is 0 Å². The maximum Gasteiger partial charge on any atom is 0.392 e. The lowest BCUT2D eigenvalue weighted by molar-refractivity contribution is -0.154. The Morgan fingerprint density at radius 2 is 1.95 bits per heavy atom. The SMILES string of the molecule is O=C(NCc1cc(F)c(Cl)cc1F)[C@H]1C[C@@H]1C(F)(F)F. The summed E-state index contributed by atoms with van der Waals surface area (Å²) in [6.45, 7) is -0.389. The van der Waals surface area contributed by atoms with Crippen molar-refractivity contribution in [2.45, 2.75) is 19.1 Å².